The second-order valence-electron chi connectivity index (χ2n) is 6.80. The molecule has 0 aliphatic carbocycles. The van der Waals surface area contributed by atoms with E-state index in [4.69, 9.17) is 0 Å². The standard InChI is InChI=1S/C23H26N2/c1-17-14-18(2)23(19(3)15-17)24(4)16-21-12-9-13-22(25(21)5)20-10-7-6-8-11-20/h6-15H,5,16H2,1-4H3. The van der Waals surface area contributed by atoms with Crippen molar-refractivity contribution in [3.8, 4) is 11.3 Å². The molecule has 0 radical (unpaired) electrons. The summed E-state index contributed by atoms with van der Waals surface area (Å²) in [7, 11) is 6.45. The van der Waals surface area contributed by atoms with Crippen LogP contribution in [-0.4, -0.2) is 7.05 Å². The average molecular weight is 330 g/mol. The minimum atomic E-state index is 0.814. The van der Waals surface area contributed by atoms with Crippen LogP contribution in [0.15, 0.2) is 60.7 Å². The zero-order valence-electron chi connectivity index (χ0n) is 15.6. The topological polar surface area (TPSA) is 7.12 Å². The molecule has 1 heterocycles. The first-order valence-electron chi connectivity index (χ1n) is 8.66. The summed E-state index contributed by atoms with van der Waals surface area (Å²) >= 11 is 0. The van der Waals surface area contributed by atoms with Crippen molar-refractivity contribution in [1.29, 1.82) is 0 Å². The summed E-state index contributed by atoms with van der Waals surface area (Å²) < 4.78 is 2.05. The van der Waals surface area contributed by atoms with Crippen LogP contribution >= 0.6 is 0 Å². The summed E-state index contributed by atoms with van der Waals surface area (Å²) in [5, 5.41) is 0. The SMILES string of the molecule is [CH2-][n+]1c(CN(C)c2c(C)cc(C)cc2C)cccc1-c1ccccc1. The third kappa shape index (κ3) is 3.53. The van der Waals surface area contributed by atoms with E-state index in [1.54, 1.807) is 0 Å². The van der Waals surface area contributed by atoms with Crippen LogP contribution in [0.1, 0.15) is 22.4 Å². The Bertz CT molecular complexity index is 859. The molecule has 0 N–H and O–H groups in total. The number of aromatic nitrogens is 1. The summed E-state index contributed by atoms with van der Waals surface area (Å²) in [4.78, 5) is 2.32. The Morgan fingerprint density at radius 2 is 1.52 bits per heavy atom. The van der Waals surface area contributed by atoms with Crippen molar-refractivity contribution in [1.82, 2.24) is 0 Å². The predicted molar refractivity (Wildman–Crippen MR) is 106 cm³/mol. The number of aryl methyl sites for hydroxylation is 3. The molecule has 25 heavy (non-hydrogen) atoms. The lowest BCUT2D eigenvalue weighted by Crippen LogP contribution is -2.37. The van der Waals surface area contributed by atoms with Crippen LogP contribution < -0.4 is 9.47 Å². The van der Waals surface area contributed by atoms with Gasteiger partial charge in [0.25, 0.3) is 0 Å². The molecule has 0 unspecified atom stereocenters. The van der Waals surface area contributed by atoms with Gasteiger partial charge in [-0.3, -0.25) is 0 Å². The van der Waals surface area contributed by atoms with Gasteiger partial charge in [0.1, 0.15) is 11.4 Å². The molecule has 0 saturated heterocycles. The van der Waals surface area contributed by atoms with Gasteiger partial charge >= 0.3 is 0 Å². The molecule has 0 spiro atoms. The first-order chi connectivity index (χ1) is 12.0. The molecule has 0 bridgehead atoms. The van der Waals surface area contributed by atoms with Crippen molar-refractivity contribution in [2.75, 3.05) is 11.9 Å². The third-order valence-electron chi connectivity index (χ3n) is 4.67. The molecule has 3 aromatic rings. The first kappa shape index (κ1) is 17.1. The highest BCUT2D eigenvalue weighted by atomic mass is 15.1. The molecular formula is C23H26N2. The van der Waals surface area contributed by atoms with E-state index in [0.717, 1.165) is 12.2 Å². The number of hydrogen-bond acceptors (Lipinski definition) is 1. The first-order valence-corrected chi connectivity index (χ1v) is 8.66. The van der Waals surface area contributed by atoms with E-state index >= 15 is 0 Å². The number of nitrogens with zero attached hydrogens (tertiary/aromatic N) is 2. The van der Waals surface area contributed by atoms with Gasteiger partial charge in [-0.05, 0) is 43.5 Å². The highest BCUT2D eigenvalue weighted by Crippen LogP contribution is 2.26. The van der Waals surface area contributed by atoms with Gasteiger partial charge in [-0.25, -0.2) is 0 Å². The monoisotopic (exact) mass is 330 g/mol. The third-order valence-corrected chi connectivity index (χ3v) is 4.67. The predicted octanol–water partition coefficient (Wildman–Crippen LogP) is 4.84. The van der Waals surface area contributed by atoms with E-state index in [2.05, 4.69) is 94.4 Å². The Balaban J connectivity index is 1.94. The van der Waals surface area contributed by atoms with Crippen LogP contribution in [0.25, 0.3) is 11.3 Å². The lowest BCUT2D eigenvalue weighted by atomic mass is 10.0. The van der Waals surface area contributed by atoms with Gasteiger partial charge in [-0.2, -0.15) is 0 Å². The molecule has 128 valence electrons. The molecule has 2 nitrogen and oxygen atoms in total. The summed E-state index contributed by atoms with van der Waals surface area (Å²) in [6.45, 7) is 7.33. The van der Waals surface area contributed by atoms with Crippen LogP contribution in [0, 0.1) is 27.8 Å². The van der Waals surface area contributed by atoms with Gasteiger partial charge in [-0.1, -0.05) is 60.2 Å². The number of rotatable bonds is 4. The van der Waals surface area contributed by atoms with Crippen molar-refractivity contribution >= 4 is 5.69 Å². The van der Waals surface area contributed by atoms with Crippen molar-refractivity contribution in [3.05, 3.63) is 90.1 Å². The van der Waals surface area contributed by atoms with E-state index in [-0.39, 0.29) is 0 Å². The van der Waals surface area contributed by atoms with E-state index in [1.807, 2.05) is 10.6 Å². The highest BCUT2D eigenvalue weighted by Gasteiger charge is 2.12. The van der Waals surface area contributed by atoms with Crippen molar-refractivity contribution in [3.63, 3.8) is 0 Å². The van der Waals surface area contributed by atoms with Crippen LogP contribution in [-0.2, 0) is 6.54 Å². The number of hydrogen-bond donors (Lipinski definition) is 0. The fraction of sp³-hybridized carbons (Fsp3) is 0.217. The smallest absolute Gasteiger partial charge is 0.112 e. The molecular weight excluding hydrogens is 304 g/mol. The van der Waals surface area contributed by atoms with E-state index in [1.165, 1.54) is 33.6 Å². The summed E-state index contributed by atoms with van der Waals surface area (Å²) in [5.74, 6) is 0. The van der Waals surface area contributed by atoms with Gasteiger partial charge in [0.2, 0.25) is 0 Å². The maximum absolute atomic E-state index is 4.29. The number of benzene rings is 2. The highest BCUT2D eigenvalue weighted by molar-refractivity contribution is 5.60. The van der Waals surface area contributed by atoms with Gasteiger partial charge in [0.05, 0.1) is 6.54 Å². The Hall–Kier alpha value is -2.74. The van der Waals surface area contributed by atoms with Crippen molar-refractivity contribution in [2.45, 2.75) is 27.3 Å². The zero-order valence-corrected chi connectivity index (χ0v) is 15.6. The number of pyridine rings is 1. The molecule has 0 amide bonds. The van der Waals surface area contributed by atoms with Gasteiger partial charge in [-0.15, -0.1) is 0 Å². The zero-order chi connectivity index (χ0) is 18.0. The lowest BCUT2D eigenvalue weighted by Gasteiger charge is -2.25. The van der Waals surface area contributed by atoms with Crippen LogP contribution in [0.5, 0.6) is 0 Å². The Morgan fingerprint density at radius 1 is 0.880 bits per heavy atom. The van der Waals surface area contributed by atoms with Gasteiger partial charge in [0, 0.05) is 19.8 Å². The molecule has 0 aliphatic heterocycles. The largest absolute Gasteiger partial charge is 0.375 e. The quantitative estimate of drug-likeness (QED) is 0.490. The second-order valence-corrected chi connectivity index (χ2v) is 6.80. The van der Waals surface area contributed by atoms with Crippen LogP contribution in [0.3, 0.4) is 0 Å². The maximum atomic E-state index is 4.29. The van der Waals surface area contributed by atoms with Crippen molar-refractivity contribution in [2.24, 2.45) is 0 Å². The average Bonchev–Trinajstić information content (AvgIpc) is 2.56. The van der Waals surface area contributed by atoms with Gasteiger partial charge in [0.15, 0.2) is 0 Å². The Labute approximate surface area is 151 Å². The number of anilines is 1. The normalized spacial score (nSPS) is 10.7. The lowest BCUT2D eigenvalue weighted by molar-refractivity contribution is -0.609. The fourth-order valence-electron chi connectivity index (χ4n) is 3.68. The Morgan fingerprint density at radius 3 is 2.16 bits per heavy atom. The molecule has 2 heteroatoms. The maximum Gasteiger partial charge on any atom is 0.112 e. The minimum Gasteiger partial charge on any atom is -0.375 e. The molecule has 2 aromatic carbocycles. The van der Waals surface area contributed by atoms with E-state index in [0.29, 0.717) is 0 Å². The summed E-state index contributed by atoms with van der Waals surface area (Å²) in [6.07, 6.45) is 0. The van der Waals surface area contributed by atoms with Crippen LogP contribution in [0.2, 0.25) is 0 Å². The molecule has 0 atom stereocenters. The second kappa shape index (κ2) is 7.02. The fourth-order valence-corrected chi connectivity index (χ4v) is 3.68. The van der Waals surface area contributed by atoms with Gasteiger partial charge < -0.3 is 9.47 Å². The molecule has 0 saturated carbocycles. The molecule has 0 fully saturated rings. The van der Waals surface area contributed by atoms with E-state index < -0.39 is 0 Å². The van der Waals surface area contributed by atoms with Crippen molar-refractivity contribution < 1.29 is 4.57 Å². The summed E-state index contributed by atoms with van der Waals surface area (Å²) in [6, 6.07) is 21.3. The van der Waals surface area contributed by atoms with Crippen LogP contribution in [0.4, 0.5) is 5.69 Å². The van der Waals surface area contributed by atoms with E-state index in [9.17, 15) is 0 Å². The Kier molecular flexibility index (Phi) is 4.80. The molecule has 1 aromatic heterocycles. The molecule has 3 rings (SSSR count). The summed E-state index contributed by atoms with van der Waals surface area (Å²) in [5.41, 5.74) is 8.74. The minimum absolute atomic E-state index is 0.814. The molecule has 0 aliphatic rings.